The van der Waals surface area contributed by atoms with Gasteiger partial charge in [0.1, 0.15) is 0 Å². The lowest BCUT2D eigenvalue weighted by Gasteiger charge is -2.35. The van der Waals surface area contributed by atoms with Crippen molar-refractivity contribution in [3.8, 4) is 5.88 Å². The van der Waals surface area contributed by atoms with Crippen molar-refractivity contribution < 1.29 is 9.53 Å². The highest BCUT2D eigenvalue weighted by atomic mass is 79.9. The molecule has 3 heterocycles. The second-order valence-corrected chi connectivity index (χ2v) is 6.96. The zero-order valence-electron chi connectivity index (χ0n) is 13.9. The number of hydrogen-bond acceptors (Lipinski definition) is 4. The van der Waals surface area contributed by atoms with Crippen LogP contribution in [0.5, 0.6) is 5.88 Å². The molecule has 7 heteroatoms. The molecule has 2 aromatic heterocycles. The average molecular weight is 393 g/mol. The molecule has 1 aliphatic rings. The number of hydrogen-bond donors (Lipinski definition) is 0. The summed E-state index contributed by atoms with van der Waals surface area (Å²) in [4.78, 5) is 19.1. The molecule has 0 aliphatic carbocycles. The number of aromatic nitrogens is 3. The molecular weight excluding hydrogens is 372 g/mol. The number of carbonyl (C=O) groups excluding carboxylic acids is 1. The monoisotopic (exact) mass is 392 g/mol. The van der Waals surface area contributed by atoms with Crippen molar-refractivity contribution in [1.82, 2.24) is 19.7 Å². The molecule has 1 fully saturated rings. The Morgan fingerprint density at radius 1 is 1.42 bits per heavy atom. The molecule has 0 aromatic carbocycles. The Hall–Kier alpha value is -1.89. The van der Waals surface area contributed by atoms with Gasteiger partial charge in [-0.1, -0.05) is 0 Å². The first-order valence-corrected chi connectivity index (χ1v) is 8.84. The van der Waals surface area contributed by atoms with Gasteiger partial charge in [-0.3, -0.25) is 9.48 Å². The maximum Gasteiger partial charge on any atom is 0.227 e. The maximum absolute atomic E-state index is 12.9. The van der Waals surface area contributed by atoms with E-state index >= 15 is 0 Å². The lowest BCUT2D eigenvalue weighted by Crippen LogP contribution is -2.39. The molecule has 0 bridgehead atoms. The molecule has 1 unspecified atom stereocenters. The predicted molar refractivity (Wildman–Crippen MR) is 93.7 cm³/mol. The second kappa shape index (κ2) is 7.34. The summed E-state index contributed by atoms with van der Waals surface area (Å²) in [5.41, 5.74) is 1.90. The van der Waals surface area contributed by atoms with Crippen molar-refractivity contribution in [1.29, 1.82) is 0 Å². The van der Waals surface area contributed by atoms with E-state index in [9.17, 15) is 4.79 Å². The van der Waals surface area contributed by atoms with Crippen molar-refractivity contribution in [2.45, 2.75) is 31.7 Å². The molecule has 24 heavy (non-hydrogen) atoms. The van der Waals surface area contributed by atoms with Crippen molar-refractivity contribution in [3.05, 3.63) is 40.3 Å². The van der Waals surface area contributed by atoms with Crippen LogP contribution in [0.3, 0.4) is 0 Å². The van der Waals surface area contributed by atoms with Crippen molar-refractivity contribution in [2.75, 3.05) is 13.7 Å². The zero-order chi connectivity index (χ0) is 17.1. The minimum absolute atomic E-state index is 0.0988. The van der Waals surface area contributed by atoms with E-state index in [4.69, 9.17) is 4.74 Å². The summed E-state index contributed by atoms with van der Waals surface area (Å²) in [5, 5.41) is 4.25. The number of pyridine rings is 1. The Morgan fingerprint density at radius 3 is 2.96 bits per heavy atom. The number of piperidine rings is 1. The van der Waals surface area contributed by atoms with E-state index in [0.29, 0.717) is 5.88 Å². The molecule has 1 amide bonds. The van der Waals surface area contributed by atoms with Gasteiger partial charge >= 0.3 is 0 Å². The lowest BCUT2D eigenvalue weighted by molar-refractivity contribution is -0.134. The summed E-state index contributed by atoms with van der Waals surface area (Å²) in [6, 6.07) is 2.00. The summed E-state index contributed by atoms with van der Waals surface area (Å²) >= 11 is 3.41. The first-order valence-electron chi connectivity index (χ1n) is 8.05. The average Bonchev–Trinajstić information content (AvgIpc) is 3.01. The van der Waals surface area contributed by atoms with Crippen LogP contribution >= 0.6 is 15.9 Å². The first kappa shape index (κ1) is 17.0. The fraction of sp³-hybridized carbons (Fsp3) is 0.471. The predicted octanol–water partition coefficient (Wildman–Crippen LogP) is 2.88. The Morgan fingerprint density at radius 2 is 2.25 bits per heavy atom. The van der Waals surface area contributed by atoms with Gasteiger partial charge in [0.05, 0.1) is 25.8 Å². The summed E-state index contributed by atoms with van der Waals surface area (Å²) < 4.78 is 7.91. The Balaban J connectivity index is 1.81. The Bertz CT molecular complexity index is 731. The molecule has 0 saturated carbocycles. The summed E-state index contributed by atoms with van der Waals surface area (Å²) in [5.74, 6) is 0.600. The highest BCUT2D eigenvalue weighted by molar-refractivity contribution is 9.10. The van der Waals surface area contributed by atoms with Gasteiger partial charge in [-0.2, -0.15) is 5.10 Å². The molecule has 6 nitrogen and oxygen atoms in total. The number of aryl methyl sites for hydroxylation is 1. The number of halogens is 1. The first-order chi connectivity index (χ1) is 11.6. The molecule has 0 radical (unpaired) electrons. The molecular formula is C17H21BrN4O2. The van der Waals surface area contributed by atoms with Gasteiger partial charge in [0.2, 0.25) is 11.8 Å². The standard InChI is InChI=1S/C17H21BrN4O2/c1-21-11-13(9-20-21)15-5-3-4-6-22(15)16(23)8-12-7-14(18)10-19-17(12)24-2/h7,9-11,15H,3-6,8H2,1-2H3. The largest absolute Gasteiger partial charge is 0.481 e. The van der Waals surface area contributed by atoms with Crippen LogP contribution in [0, 0.1) is 0 Å². The van der Waals surface area contributed by atoms with Gasteiger partial charge in [0.25, 0.3) is 0 Å². The molecule has 2 aromatic rings. The smallest absolute Gasteiger partial charge is 0.227 e. The minimum atomic E-state index is 0.0988. The molecule has 1 atom stereocenters. The fourth-order valence-corrected chi connectivity index (χ4v) is 3.61. The molecule has 0 spiro atoms. The van der Waals surface area contributed by atoms with E-state index in [1.807, 2.05) is 30.4 Å². The normalized spacial score (nSPS) is 17.8. The minimum Gasteiger partial charge on any atom is -0.481 e. The van der Waals surface area contributed by atoms with E-state index in [-0.39, 0.29) is 18.4 Å². The van der Waals surface area contributed by atoms with E-state index < -0.39 is 0 Å². The molecule has 1 saturated heterocycles. The fourth-order valence-electron chi connectivity index (χ4n) is 3.23. The van der Waals surface area contributed by atoms with Crippen molar-refractivity contribution >= 4 is 21.8 Å². The Kier molecular flexibility index (Phi) is 5.18. The van der Waals surface area contributed by atoms with Crippen LogP contribution < -0.4 is 4.74 Å². The number of nitrogens with zero attached hydrogens (tertiary/aromatic N) is 4. The van der Waals surface area contributed by atoms with Gasteiger partial charge in [0, 0.05) is 41.6 Å². The summed E-state index contributed by atoms with van der Waals surface area (Å²) in [6.45, 7) is 0.780. The van der Waals surface area contributed by atoms with Crippen LogP contribution in [-0.2, 0) is 18.3 Å². The van der Waals surface area contributed by atoms with Gasteiger partial charge in [-0.25, -0.2) is 4.98 Å². The molecule has 128 valence electrons. The van der Waals surface area contributed by atoms with Crippen LogP contribution in [0.4, 0.5) is 0 Å². The van der Waals surface area contributed by atoms with Gasteiger partial charge in [-0.05, 0) is 41.3 Å². The third-order valence-corrected chi connectivity index (χ3v) is 4.79. The third kappa shape index (κ3) is 3.61. The highest BCUT2D eigenvalue weighted by Crippen LogP contribution is 2.31. The molecule has 3 rings (SSSR count). The number of rotatable bonds is 4. The summed E-state index contributed by atoms with van der Waals surface area (Å²) in [7, 11) is 3.47. The molecule has 1 aliphatic heterocycles. The highest BCUT2D eigenvalue weighted by Gasteiger charge is 2.29. The van der Waals surface area contributed by atoms with E-state index in [1.54, 1.807) is 18.0 Å². The number of methoxy groups -OCH3 is 1. The van der Waals surface area contributed by atoms with Crippen molar-refractivity contribution in [3.63, 3.8) is 0 Å². The number of amides is 1. The number of carbonyl (C=O) groups is 1. The number of likely N-dealkylation sites (tertiary alicyclic amines) is 1. The second-order valence-electron chi connectivity index (χ2n) is 6.04. The SMILES string of the molecule is COc1ncc(Br)cc1CC(=O)N1CCCCC1c1cnn(C)c1. The zero-order valence-corrected chi connectivity index (χ0v) is 15.5. The van der Waals surface area contributed by atoms with Crippen LogP contribution in [0.25, 0.3) is 0 Å². The van der Waals surface area contributed by atoms with Gasteiger partial charge in [-0.15, -0.1) is 0 Å². The maximum atomic E-state index is 12.9. The van der Waals surface area contributed by atoms with E-state index in [1.165, 1.54) is 0 Å². The Labute approximate surface area is 149 Å². The molecule has 0 N–H and O–H groups in total. The van der Waals surface area contributed by atoms with Crippen LogP contribution in [0.2, 0.25) is 0 Å². The summed E-state index contributed by atoms with van der Waals surface area (Å²) in [6.07, 6.45) is 8.96. The van der Waals surface area contributed by atoms with Crippen LogP contribution in [0.1, 0.15) is 36.4 Å². The van der Waals surface area contributed by atoms with E-state index in [0.717, 1.165) is 41.4 Å². The van der Waals surface area contributed by atoms with Crippen LogP contribution in [-0.4, -0.2) is 39.2 Å². The van der Waals surface area contributed by atoms with Gasteiger partial charge in [0.15, 0.2) is 0 Å². The van der Waals surface area contributed by atoms with Crippen LogP contribution in [0.15, 0.2) is 29.1 Å². The van der Waals surface area contributed by atoms with Gasteiger partial charge < -0.3 is 9.64 Å². The number of ether oxygens (including phenoxy) is 1. The topological polar surface area (TPSA) is 60.2 Å². The third-order valence-electron chi connectivity index (χ3n) is 4.36. The quantitative estimate of drug-likeness (QED) is 0.802. The van der Waals surface area contributed by atoms with Crippen molar-refractivity contribution in [2.24, 2.45) is 7.05 Å². The van der Waals surface area contributed by atoms with E-state index in [2.05, 4.69) is 26.0 Å². The lowest BCUT2D eigenvalue weighted by atomic mass is 9.96.